The van der Waals surface area contributed by atoms with Crippen LogP contribution in [0, 0.1) is 0 Å². The number of hydrogen-bond acceptors (Lipinski definition) is 15. The molecule has 2 rings (SSSR count). The zero-order valence-corrected chi connectivity index (χ0v) is 38.9. The number of ether oxygens (including phenoxy) is 6. The lowest BCUT2D eigenvalue weighted by atomic mass is 9.98. The van der Waals surface area contributed by atoms with Crippen molar-refractivity contribution < 1.29 is 73.8 Å². The Balaban J connectivity index is 1.93. The van der Waals surface area contributed by atoms with Crippen molar-refractivity contribution in [2.24, 2.45) is 0 Å². The number of esters is 2. The molecule has 2 fully saturated rings. The topological polar surface area (TPSA) is 231 Å². The van der Waals surface area contributed by atoms with Crippen molar-refractivity contribution in [3.8, 4) is 0 Å². The summed E-state index contributed by atoms with van der Waals surface area (Å²) in [4.78, 5) is 25.5. The lowest BCUT2D eigenvalue weighted by Crippen LogP contribution is -2.61. The van der Waals surface area contributed by atoms with Gasteiger partial charge < -0.3 is 64.2 Å². The molecule has 0 amide bonds. The Morgan fingerprint density at radius 1 is 0.500 bits per heavy atom. The van der Waals surface area contributed by atoms with Crippen molar-refractivity contribution in [2.45, 2.75) is 171 Å². The third kappa shape index (κ3) is 25.3. The molecule has 7 N–H and O–H groups in total. The fourth-order valence-corrected chi connectivity index (χ4v) is 6.44. The number of hydrogen-bond donors (Lipinski definition) is 7. The molecule has 0 saturated carbocycles. The summed E-state index contributed by atoms with van der Waals surface area (Å²) in [5, 5.41) is 71.9. The van der Waals surface area contributed by atoms with Gasteiger partial charge in [-0.25, -0.2) is 0 Å². The van der Waals surface area contributed by atoms with Crippen LogP contribution in [0.1, 0.15) is 104 Å². The van der Waals surface area contributed by atoms with Crippen LogP contribution in [0.15, 0.2) is 109 Å². The normalized spacial score (nSPS) is 27.2. The Hall–Kier alpha value is -3.84. The molecule has 4 unspecified atom stereocenters. The first-order valence-electron chi connectivity index (χ1n) is 23.5. The van der Waals surface area contributed by atoms with Crippen LogP contribution < -0.4 is 0 Å². The van der Waals surface area contributed by atoms with Crippen LogP contribution in [-0.2, 0) is 38.0 Å². The maximum Gasteiger partial charge on any atom is 0.310 e. The van der Waals surface area contributed by atoms with Crippen LogP contribution in [0.25, 0.3) is 0 Å². The third-order valence-corrected chi connectivity index (χ3v) is 10.3. The van der Waals surface area contributed by atoms with Crippen LogP contribution in [0.4, 0.5) is 0 Å². The summed E-state index contributed by atoms with van der Waals surface area (Å²) in [5.41, 5.74) is 0. The molecule has 2 aliphatic heterocycles. The minimum absolute atomic E-state index is 0.0398. The van der Waals surface area contributed by atoms with E-state index >= 15 is 0 Å². The van der Waals surface area contributed by atoms with Gasteiger partial charge in [0.25, 0.3) is 0 Å². The lowest BCUT2D eigenvalue weighted by Gasteiger charge is -2.42. The molecule has 0 radical (unpaired) electrons. The van der Waals surface area contributed by atoms with Crippen LogP contribution in [0.3, 0.4) is 0 Å². The number of aliphatic hydroxyl groups excluding tert-OH is 7. The zero-order valence-electron chi connectivity index (χ0n) is 38.9. The first kappa shape index (κ1) is 58.3. The van der Waals surface area contributed by atoms with Crippen molar-refractivity contribution in [1.29, 1.82) is 0 Å². The van der Waals surface area contributed by atoms with E-state index in [1.165, 1.54) is 19.3 Å². The Labute approximate surface area is 391 Å². The van der Waals surface area contributed by atoms with Gasteiger partial charge in [0.05, 0.1) is 32.7 Å². The van der Waals surface area contributed by atoms with E-state index in [1.807, 2.05) is 36.5 Å². The Bertz CT molecular complexity index is 1560. The van der Waals surface area contributed by atoms with E-state index in [9.17, 15) is 45.3 Å². The van der Waals surface area contributed by atoms with Gasteiger partial charge in [0.15, 0.2) is 18.7 Å². The maximum atomic E-state index is 12.9. The molecule has 0 bridgehead atoms. The highest BCUT2D eigenvalue weighted by Crippen LogP contribution is 2.26. The number of aliphatic hydroxyl groups is 7. The first-order valence-corrected chi connectivity index (χ1v) is 23.5. The maximum absolute atomic E-state index is 12.9. The van der Waals surface area contributed by atoms with Gasteiger partial charge in [0.2, 0.25) is 0 Å². The predicted molar refractivity (Wildman–Crippen MR) is 251 cm³/mol. The van der Waals surface area contributed by atoms with E-state index in [1.54, 1.807) is 12.2 Å². The summed E-state index contributed by atoms with van der Waals surface area (Å²) in [6.07, 6.45) is 30.4. The molecule has 0 aromatic heterocycles. The Kier molecular flexibility index (Phi) is 32.8. The number of allylic oxidation sites excluding steroid dienone is 16. The Morgan fingerprint density at radius 2 is 0.939 bits per heavy atom. The quantitative estimate of drug-likeness (QED) is 0.0242. The van der Waals surface area contributed by atoms with Gasteiger partial charge in [0, 0.05) is 0 Å². The largest absolute Gasteiger partial charge is 0.461 e. The highest BCUT2D eigenvalue weighted by atomic mass is 16.7. The van der Waals surface area contributed by atoms with Gasteiger partial charge in [-0.1, -0.05) is 136 Å². The second-order valence-electron chi connectivity index (χ2n) is 15.9. The highest BCUT2D eigenvalue weighted by molar-refractivity contribution is 5.72. The molecule has 2 heterocycles. The van der Waals surface area contributed by atoms with Crippen molar-refractivity contribution in [3.63, 3.8) is 0 Å². The second-order valence-corrected chi connectivity index (χ2v) is 15.9. The average Bonchev–Trinajstić information content (AvgIpc) is 3.31. The summed E-state index contributed by atoms with van der Waals surface area (Å²) in [5.74, 6) is -1.23. The molecule has 0 aromatic rings. The summed E-state index contributed by atoms with van der Waals surface area (Å²) in [6, 6.07) is 0. The van der Waals surface area contributed by atoms with Crippen LogP contribution in [0.2, 0.25) is 0 Å². The van der Waals surface area contributed by atoms with Crippen LogP contribution in [-0.4, -0.2) is 142 Å². The molecule has 2 aliphatic rings. The van der Waals surface area contributed by atoms with Gasteiger partial charge in [0.1, 0.15) is 55.4 Å². The monoisotopic (exact) mass is 931 g/mol. The summed E-state index contributed by atoms with van der Waals surface area (Å²) in [6.45, 7) is 2.19. The SMILES string of the molecule is CCC=CCC=CCC=CCC=CCC=CCC(=O)OC[C@H](CO[C@@H]1O[C@H](CO[C@H]2O[C@H](CO)[C@H](O)C(O)C2O)[C@H](O)C(O)C1O)OC(=O)CC=CCC=CCC=CCC=CCCCCC. The summed E-state index contributed by atoms with van der Waals surface area (Å²) < 4.78 is 33.2. The standard InChI is InChI=1S/C51H78O15/c1-3-5-7-9-11-13-15-17-19-21-23-25-27-29-31-33-42(53)61-36-39(64-43(54)34-32-30-28-26-24-22-20-18-16-14-12-10-8-6-4-2)37-62-50-49(60)47(58)45(56)41(66-50)38-63-51-48(59)46(57)44(55)40(35-52)65-51/h5,7,11-14,17-20,23-26,29-32,39-41,44-52,55-60H,3-4,6,8-10,15-16,21-22,27-28,33-38H2,1-2H3/t39-,40-,41-,44+,45+,46?,47?,48?,49?,50-,51+/m1/s1. The third-order valence-electron chi connectivity index (χ3n) is 10.3. The molecule has 15 heteroatoms. The minimum atomic E-state index is -1.80. The lowest BCUT2D eigenvalue weighted by molar-refractivity contribution is -0.332. The van der Waals surface area contributed by atoms with E-state index < -0.39 is 106 Å². The summed E-state index contributed by atoms with van der Waals surface area (Å²) in [7, 11) is 0. The minimum Gasteiger partial charge on any atom is -0.461 e. The molecule has 0 aromatic carbocycles. The molecule has 66 heavy (non-hydrogen) atoms. The molecular weight excluding hydrogens is 853 g/mol. The predicted octanol–water partition coefficient (Wildman–Crippen LogP) is 5.59. The first-order chi connectivity index (χ1) is 32.0. The van der Waals surface area contributed by atoms with Gasteiger partial charge in [-0.15, -0.1) is 0 Å². The number of carbonyl (C=O) groups is 2. The Morgan fingerprint density at radius 3 is 1.44 bits per heavy atom. The van der Waals surface area contributed by atoms with Gasteiger partial charge in [-0.05, 0) is 64.2 Å². The van der Waals surface area contributed by atoms with Gasteiger partial charge in [-0.2, -0.15) is 0 Å². The molecule has 0 spiro atoms. The molecule has 15 nitrogen and oxygen atoms in total. The zero-order chi connectivity index (χ0) is 48.2. The van der Waals surface area contributed by atoms with Gasteiger partial charge >= 0.3 is 11.9 Å². The molecule has 2 saturated heterocycles. The summed E-state index contributed by atoms with van der Waals surface area (Å²) >= 11 is 0. The number of carbonyl (C=O) groups excluding carboxylic acids is 2. The van der Waals surface area contributed by atoms with E-state index in [-0.39, 0.29) is 12.8 Å². The van der Waals surface area contributed by atoms with Crippen molar-refractivity contribution in [2.75, 3.05) is 26.4 Å². The second kappa shape index (κ2) is 37.2. The molecule has 0 aliphatic carbocycles. The smallest absolute Gasteiger partial charge is 0.310 e. The van der Waals surface area contributed by atoms with Gasteiger partial charge in [-0.3, -0.25) is 9.59 Å². The fourth-order valence-electron chi connectivity index (χ4n) is 6.44. The van der Waals surface area contributed by atoms with E-state index in [2.05, 4.69) is 74.6 Å². The number of rotatable bonds is 33. The molecule has 11 atom stereocenters. The highest BCUT2D eigenvalue weighted by Gasteiger charge is 2.47. The van der Waals surface area contributed by atoms with E-state index in [0.29, 0.717) is 12.8 Å². The van der Waals surface area contributed by atoms with E-state index in [4.69, 9.17) is 28.4 Å². The van der Waals surface area contributed by atoms with Crippen LogP contribution in [0.5, 0.6) is 0 Å². The van der Waals surface area contributed by atoms with E-state index in [0.717, 1.165) is 44.9 Å². The average molecular weight is 931 g/mol. The number of unbranched alkanes of at least 4 members (excludes halogenated alkanes) is 3. The molecular formula is C51H78O15. The van der Waals surface area contributed by atoms with Crippen molar-refractivity contribution in [1.82, 2.24) is 0 Å². The van der Waals surface area contributed by atoms with Crippen LogP contribution >= 0.6 is 0 Å². The van der Waals surface area contributed by atoms with Crippen molar-refractivity contribution in [3.05, 3.63) is 109 Å². The van der Waals surface area contributed by atoms with Crippen molar-refractivity contribution >= 4 is 11.9 Å². The molecule has 372 valence electrons. The fraction of sp³-hybridized carbons (Fsp3) is 0.608.